The Balaban J connectivity index is 3.33. The van der Waals surface area contributed by atoms with Crippen molar-refractivity contribution >= 4 is 5.97 Å². The second-order valence-corrected chi connectivity index (χ2v) is 5.32. The van der Waals surface area contributed by atoms with Gasteiger partial charge >= 0.3 is 5.97 Å². The number of ether oxygens (including phenoxy) is 1. The molecule has 0 aliphatic rings. The molecule has 0 saturated heterocycles. The summed E-state index contributed by atoms with van der Waals surface area (Å²) in [5.74, 6) is -0.171. The van der Waals surface area contributed by atoms with E-state index < -0.39 is 0 Å². The number of rotatable bonds is 13. The zero-order valence-electron chi connectivity index (χ0n) is 12.8. The standard InChI is InChI=1S/C16H32O3/c1-3-5-7-8-9-10-11-15(17)12-13-16(18)19-14-6-4-2/h15,17H,3-14H2,1-2H3. The fraction of sp³-hybridized carbons (Fsp3) is 0.938. The summed E-state index contributed by atoms with van der Waals surface area (Å²) >= 11 is 0. The second-order valence-electron chi connectivity index (χ2n) is 5.32. The van der Waals surface area contributed by atoms with E-state index in [0.29, 0.717) is 19.4 Å². The number of esters is 1. The van der Waals surface area contributed by atoms with Crippen LogP contribution in [0.2, 0.25) is 0 Å². The number of carbonyl (C=O) groups excluding carboxylic acids is 1. The average Bonchev–Trinajstić information content (AvgIpc) is 2.40. The van der Waals surface area contributed by atoms with Gasteiger partial charge in [-0.25, -0.2) is 0 Å². The first-order valence-electron chi connectivity index (χ1n) is 8.04. The van der Waals surface area contributed by atoms with Crippen molar-refractivity contribution in [2.45, 2.75) is 90.6 Å². The maximum absolute atomic E-state index is 11.3. The van der Waals surface area contributed by atoms with E-state index in [2.05, 4.69) is 13.8 Å². The first-order chi connectivity index (χ1) is 9.20. The quantitative estimate of drug-likeness (QED) is 0.403. The third kappa shape index (κ3) is 13.7. The average molecular weight is 272 g/mol. The fourth-order valence-corrected chi connectivity index (χ4v) is 1.99. The lowest BCUT2D eigenvalue weighted by Crippen LogP contribution is -2.12. The summed E-state index contributed by atoms with van der Waals surface area (Å²) in [5, 5.41) is 9.76. The molecule has 0 aromatic carbocycles. The molecule has 0 heterocycles. The topological polar surface area (TPSA) is 46.5 Å². The molecule has 1 atom stereocenters. The van der Waals surface area contributed by atoms with E-state index in [4.69, 9.17) is 4.74 Å². The highest BCUT2D eigenvalue weighted by molar-refractivity contribution is 5.69. The van der Waals surface area contributed by atoms with E-state index >= 15 is 0 Å². The van der Waals surface area contributed by atoms with Gasteiger partial charge < -0.3 is 9.84 Å². The zero-order valence-corrected chi connectivity index (χ0v) is 12.8. The van der Waals surface area contributed by atoms with Crippen LogP contribution in [0, 0.1) is 0 Å². The lowest BCUT2D eigenvalue weighted by atomic mass is 10.0. The molecule has 0 bridgehead atoms. The fourth-order valence-electron chi connectivity index (χ4n) is 1.99. The third-order valence-electron chi connectivity index (χ3n) is 3.33. The summed E-state index contributed by atoms with van der Waals surface area (Å²) in [4.78, 5) is 11.3. The molecule has 0 aromatic heterocycles. The van der Waals surface area contributed by atoms with Gasteiger partial charge in [0, 0.05) is 6.42 Å². The number of hydrogen-bond acceptors (Lipinski definition) is 3. The van der Waals surface area contributed by atoms with Crippen LogP contribution >= 0.6 is 0 Å². The Morgan fingerprint density at radius 2 is 1.58 bits per heavy atom. The molecule has 0 saturated carbocycles. The van der Waals surface area contributed by atoms with Gasteiger partial charge in [-0.15, -0.1) is 0 Å². The highest BCUT2D eigenvalue weighted by atomic mass is 16.5. The molecule has 3 nitrogen and oxygen atoms in total. The van der Waals surface area contributed by atoms with Crippen LogP contribution in [0.3, 0.4) is 0 Å². The molecule has 0 spiro atoms. The lowest BCUT2D eigenvalue weighted by Gasteiger charge is -2.10. The van der Waals surface area contributed by atoms with E-state index in [-0.39, 0.29) is 12.1 Å². The summed E-state index contributed by atoms with van der Waals surface area (Å²) in [6.07, 6.45) is 10.7. The first-order valence-corrected chi connectivity index (χ1v) is 8.04. The monoisotopic (exact) mass is 272 g/mol. The van der Waals surface area contributed by atoms with Crippen LogP contribution < -0.4 is 0 Å². The Morgan fingerprint density at radius 3 is 2.26 bits per heavy atom. The number of aliphatic hydroxyl groups excluding tert-OH is 1. The van der Waals surface area contributed by atoms with Gasteiger partial charge in [0.25, 0.3) is 0 Å². The van der Waals surface area contributed by atoms with Crippen LogP contribution in [0.4, 0.5) is 0 Å². The number of unbranched alkanes of at least 4 members (excludes halogenated alkanes) is 6. The van der Waals surface area contributed by atoms with Crippen LogP contribution in [0.5, 0.6) is 0 Å². The minimum atomic E-state index is -0.343. The van der Waals surface area contributed by atoms with Crippen LogP contribution in [-0.2, 0) is 9.53 Å². The van der Waals surface area contributed by atoms with E-state index in [0.717, 1.165) is 25.7 Å². The van der Waals surface area contributed by atoms with Gasteiger partial charge in [0.15, 0.2) is 0 Å². The van der Waals surface area contributed by atoms with Gasteiger partial charge in [-0.2, -0.15) is 0 Å². The molecule has 0 rings (SSSR count). The van der Waals surface area contributed by atoms with E-state index in [9.17, 15) is 9.90 Å². The first kappa shape index (κ1) is 18.4. The van der Waals surface area contributed by atoms with Crippen molar-refractivity contribution in [1.82, 2.24) is 0 Å². The van der Waals surface area contributed by atoms with Gasteiger partial charge in [0.2, 0.25) is 0 Å². The molecule has 3 heteroatoms. The largest absolute Gasteiger partial charge is 0.466 e. The van der Waals surface area contributed by atoms with Gasteiger partial charge in [0.1, 0.15) is 0 Å². The SMILES string of the molecule is CCCCCCCCC(O)CCC(=O)OCCCC. The highest BCUT2D eigenvalue weighted by Crippen LogP contribution is 2.11. The smallest absolute Gasteiger partial charge is 0.305 e. The van der Waals surface area contributed by atoms with Crippen molar-refractivity contribution in [2.24, 2.45) is 0 Å². The number of aliphatic hydroxyl groups is 1. The normalized spacial score (nSPS) is 12.4. The van der Waals surface area contributed by atoms with Gasteiger partial charge in [-0.1, -0.05) is 58.8 Å². The third-order valence-corrected chi connectivity index (χ3v) is 3.33. The minimum Gasteiger partial charge on any atom is -0.466 e. The summed E-state index contributed by atoms with van der Waals surface area (Å²) in [6, 6.07) is 0. The Kier molecular flexibility index (Phi) is 13.4. The van der Waals surface area contributed by atoms with Crippen molar-refractivity contribution in [2.75, 3.05) is 6.61 Å². The van der Waals surface area contributed by atoms with Gasteiger partial charge in [-0.05, 0) is 19.3 Å². The maximum Gasteiger partial charge on any atom is 0.305 e. The van der Waals surface area contributed by atoms with E-state index in [1.54, 1.807) is 0 Å². The molecule has 1 N–H and O–H groups in total. The summed E-state index contributed by atoms with van der Waals surface area (Å²) in [6.45, 7) is 4.80. The Bertz CT molecular complexity index is 204. The van der Waals surface area contributed by atoms with Crippen LogP contribution in [0.1, 0.15) is 84.5 Å². The van der Waals surface area contributed by atoms with Gasteiger partial charge in [-0.3, -0.25) is 4.79 Å². The molecule has 0 fully saturated rings. The molecule has 0 radical (unpaired) electrons. The molecular formula is C16H32O3. The molecular weight excluding hydrogens is 240 g/mol. The predicted octanol–water partition coefficient (Wildman–Crippen LogP) is 4.22. The van der Waals surface area contributed by atoms with Crippen molar-refractivity contribution in [3.63, 3.8) is 0 Å². The molecule has 0 aromatic rings. The van der Waals surface area contributed by atoms with Crippen molar-refractivity contribution in [3.8, 4) is 0 Å². The van der Waals surface area contributed by atoms with Crippen molar-refractivity contribution in [3.05, 3.63) is 0 Å². The molecule has 0 aliphatic carbocycles. The number of carbonyl (C=O) groups is 1. The molecule has 1 unspecified atom stereocenters. The lowest BCUT2D eigenvalue weighted by molar-refractivity contribution is -0.144. The second kappa shape index (κ2) is 13.9. The summed E-state index contributed by atoms with van der Waals surface area (Å²) in [5.41, 5.74) is 0. The van der Waals surface area contributed by atoms with Crippen LogP contribution in [-0.4, -0.2) is 23.8 Å². The van der Waals surface area contributed by atoms with E-state index in [1.165, 1.54) is 32.1 Å². The minimum absolute atomic E-state index is 0.171. The van der Waals surface area contributed by atoms with E-state index in [1.807, 2.05) is 0 Å². The van der Waals surface area contributed by atoms with Crippen LogP contribution in [0.15, 0.2) is 0 Å². The predicted molar refractivity (Wildman–Crippen MR) is 79.1 cm³/mol. The summed E-state index contributed by atoms with van der Waals surface area (Å²) in [7, 11) is 0. The molecule has 0 amide bonds. The molecule has 0 aliphatic heterocycles. The maximum atomic E-state index is 11.3. The molecule has 19 heavy (non-hydrogen) atoms. The Hall–Kier alpha value is -0.570. The van der Waals surface area contributed by atoms with Gasteiger partial charge in [0.05, 0.1) is 12.7 Å². The number of hydrogen-bond donors (Lipinski definition) is 1. The highest BCUT2D eigenvalue weighted by Gasteiger charge is 2.08. The Morgan fingerprint density at radius 1 is 0.947 bits per heavy atom. The van der Waals surface area contributed by atoms with Crippen molar-refractivity contribution in [1.29, 1.82) is 0 Å². The Labute approximate surface area is 118 Å². The summed E-state index contributed by atoms with van der Waals surface area (Å²) < 4.78 is 5.05. The van der Waals surface area contributed by atoms with Crippen LogP contribution in [0.25, 0.3) is 0 Å². The van der Waals surface area contributed by atoms with Crippen molar-refractivity contribution < 1.29 is 14.6 Å². The molecule has 114 valence electrons. The zero-order chi connectivity index (χ0) is 14.3.